The predicted molar refractivity (Wildman–Crippen MR) is 116 cm³/mol. The van der Waals surface area contributed by atoms with Crippen molar-refractivity contribution in [1.82, 2.24) is 0 Å². The van der Waals surface area contributed by atoms with Crippen LogP contribution >= 0.6 is 0 Å². The maximum atomic E-state index is 13.3. The Kier molecular flexibility index (Phi) is 3.38. The second kappa shape index (κ2) is 6.08. The number of carbonyl (C=O) groups excluding carboxylic acids is 1. The van der Waals surface area contributed by atoms with Gasteiger partial charge in [0.1, 0.15) is 11.2 Å². The van der Waals surface area contributed by atoms with E-state index in [0.29, 0.717) is 0 Å². The van der Waals surface area contributed by atoms with Crippen LogP contribution in [0.5, 0.6) is 0 Å². The minimum absolute atomic E-state index is 0.0298. The maximum Gasteiger partial charge on any atom is 0.236 e. The SMILES string of the molecule is O=C(Nc1ccc2c(c1)oc1ccccc12)C1c2ccccc2-c2ccccc21. The molecular formula is C26H17NO2. The van der Waals surface area contributed by atoms with E-state index in [9.17, 15) is 4.79 Å². The van der Waals surface area contributed by atoms with Crippen molar-refractivity contribution in [2.45, 2.75) is 5.92 Å². The number of hydrogen-bond donors (Lipinski definition) is 1. The highest BCUT2D eigenvalue weighted by atomic mass is 16.3. The Morgan fingerprint density at radius 1 is 0.690 bits per heavy atom. The maximum absolute atomic E-state index is 13.3. The number of rotatable bonds is 2. The van der Waals surface area contributed by atoms with Gasteiger partial charge in [0.2, 0.25) is 5.91 Å². The molecule has 0 saturated carbocycles. The van der Waals surface area contributed by atoms with Crippen LogP contribution in [0.4, 0.5) is 5.69 Å². The number of nitrogens with one attached hydrogen (secondary N) is 1. The highest BCUT2D eigenvalue weighted by Gasteiger charge is 2.33. The zero-order valence-corrected chi connectivity index (χ0v) is 15.6. The Bertz CT molecular complexity index is 1370. The van der Waals surface area contributed by atoms with E-state index in [2.05, 4.69) is 17.4 Å². The van der Waals surface area contributed by atoms with Crippen LogP contribution in [0, 0.1) is 0 Å². The molecule has 3 heteroatoms. The average molecular weight is 375 g/mol. The summed E-state index contributed by atoms with van der Waals surface area (Å²) in [6.07, 6.45) is 0. The van der Waals surface area contributed by atoms with Gasteiger partial charge >= 0.3 is 0 Å². The number of anilines is 1. The molecule has 0 spiro atoms. The highest BCUT2D eigenvalue weighted by molar-refractivity contribution is 6.08. The van der Waals surface area contributed by atoms with E-state index in [1.54, 1.807) is 0 Å². The molecule has 0 unspecified atom stereocenters. The second-order valence-electron chi connectivity index (χ2n) is 7.41. The lowest BCUT2D eigenvalue weighted by atomic mass is 9.96. The quantitative estimate of drug-likeness (QED) is 0.391. The van der Waals surface area contributed by atoms with Gasteiger partial charge in [-0.25, -0.2) is 0 Å². The molecule has 1 aliphatic rings. The van der Waals surface area contributed by atoms with Gasteiger partial charge < -0.3 is 9.73 Å². The zero-order chi connectivity index (χ0) is 19.4. The summed E-state index contributed by atoms with van der Waals surface area (Å²) in [5, 5.41) is 5.24. The van der Waals surface area contributed by atoms with Crippen LogP contribution < -0.4 is 5.32 Å². The Morgan fingerprint density at radius 2 is 1.31 bits per heavy atom. The first kappa shape index (κ1) is 16.1. The molecule has 1 aromatic heterocycles. The lowest BCUT2D eigenvalue weighted by Gasteiger charge is -2.14. The van der Waals surface area contributed by atoms with Crippen LogP contribution in [-0.2, 0) is 4.79 Å². The summed E-state index contributed by atoms with van der Waals surface area (Å²) in [5.74, 6) is -0.341. The Balaban J connectivity index is 1.39. The van der Waals surface area contributed by atoms with Crippen molar-refractivity contribution >= 4 is 33.5 Å². The summed E-state index contributed by atoms with van der Waals surface area (Å²) in [4.78, 5) is 13.3. The van der Waals surface area contributed by atoms with Crippen molar-refractivity contribution in [3.63, 3.8) is 0 Å². The third-order valence-electron chi connectivity index (χ3n) is 5.74. The van der Waals surface area contributed by atoms with Crippen LogP contribution in [0.3, 0.4) is 0 Å². The third-order valence-corrected chi connectivity index (χ3v) is 5.74. The predicted octanol–water partition coefficient (Wildman–Crippen LogP) is 6.34. The average Bonchev–Trinajstić information content (AvgIpc) is 3.29. The van der Waals surface area contributed by atoms with Crippen LogP contribution in [0.15, 0.2) is 95.4 Å². The Hall–Kier alpha value is -3.85. The molecule has 6 rings (SSSR count). The lowest BCUT2D eigenvalue weighted by Crippen LogP contribution is -2.20. The molecule has 0 saturated heterocycles. The topological polar surface area (TPSA) is 42.2 Å². The fourth-order valence-electron chi connectivity index (χ4n) is 4.46. The summed E-state index contributed by atoms with van der Waals surface area (Å²) in [6.45, 7) is 0. The van der Waals surface area contributed by atoms with Crippen LogP contribution in [0.25, 0.3) is 33.1 Å². The van der Waals surface area contributed by atoms with Crippen LogP contribution in [-0.4, -0.2) is 5.91 Å². The van der Waals surface area contributed by atoms with Gasteiger partial charge in [-0.05, 0) is 40.5 Å². The molecule has 0 atom stereocenters. The molecule has 3 nitrogen and oxygen atoms in total. The van der Waals surface area contributed by atoms with Gasteiger partial charge in [-0.1, -0.05) is 66.7 Å². The Labute approximate surface area is 167 Å². The van der Waals surface area contributed by atoms with Crippen molar-refractivity contribution in [1.29, 1.82) is 0 Å². The van der Waals surface area contributed by atoms with E-state index in [1.807, 2.05) is 78.9 Å². The van der Waals surface area contributed by atoms with E-state index >= 15 is 0 Å². The molecule has 138 valence electrons. The van der Waals surface area contributed by atoms with Gasteiger partial charge in [-0.3, -0.25) is 4.79 Å². The molecule has 0 aliphatic heterocycles. The summed E-state index contributed by atoms with van der Waals surface area (Å²) in [7, 11) is 0. The first-order chi connectivity index (χ1) is 14.3. The lowest BCUT2D eigenvalue weighted by molar-refractivity contribution is -0.116. The van der Waals surface area contributed by atoms with Gasteiger partial charge in [0.15, 0.2) is 0 Å². The standard InChI is InChI=1S/C26H17NO2/c28-26(25-21-10-3-1-7-17(21)18-8-2-4-11-22(18)25)27-16-13-14-20-19-9-5-6-12-23(19)29-24(20)15-16/h1-15,25H,(H,27,28). The first-order valence-electron chi connectivity index (χ1n) is 9.70. The smallest absolute Gasteiger partial charge is 0.236 e. The number of benzene rings is 4. The van der Waals surface area contributed by atoms with E-state index in [0.717, 1.165) is 49.9 Å². The van der Waals surface area contributed by atoms with Crippen LogP contribution in [0.2, 0.25) is 0 Å². The van der Waals surface area contributed by atoms with E-state index < -0.39 is 0 Å². The summed E-state index contributed by atoms with van der Waals surface area (Å²) in [6, 6.07) is 30.1. The molecule has 1 heterocycles. The van der Waals surface area contributed by atoms with Crippen molar-refractivity contribution in [2.24, 2.45) is 0 Å². The fraction of sp³-hybridized carbons (Fsp3) is 0.0385. The van der Waals surface area contributed by atoms with Gasteiger partial charge in [0.25, 0.3) is 0 Å². The van der Waals surface area contributed by atoms with Gasteiger partial charge in [-0.2, -0.15) is 0 Å². The number of amides is 1. The molecule has 0 radical (unpaired) electrons. The number of fused-ring (bicyclic) bond motifs is 6. The Morgan fingerprint density at radius 3 is 2.07 bits per heavy atom. The highest BCUT2D eigenvalue weighted by Crippen LogP contribution is 2.45. The number of furan rings is 1. The first-order valence-corrected chi connectivity index (χ1v) is 9.70. The molecule has 5 aromatic rings. The molecular weight excluding hydrogens is 358 g/mol. The molecule has 1 amide bonds. The molecule has 0 fully saturated rings. The van der Waals surface area contributed by atoms with Crippen LogP contribution in [0.1, 0.15) is 17.0 Å². The third kappa shape index (κ3) is 2.41. The van der Waals surface area contributed by atoms with E-state index in [-0.39, 0.29) is 11.8 Å². The van der Waals surface area contributed by atoms with Crippen molar-refractivity contribution in [2.75, 3.05) is 5.32 Å². The summed E-state index contributed by atoms with van der Waals surface area (Å²) < 4.78 is 5.96. The van der Waals surface area contributed by atoms with Crippen molar-refractivity contribution < 1.29 is 9.21 Å². The molecule has 4 aromatic carbocycles. The van der Waals surface area contributed by atoms with E-state index in [1.165, 1.54) is 0 Å². The summed E-state index contributed by atoms with van der Waals surface area (Å²) >= 11 is 0. The zero-order valence-electron chi connectivity index (χ0n) is 15.6. The van der Waals surface area contributed by atoms with Gasteiger partial charge in [0, 0.05) is 22.5 Å². The normalized spacial score (nSPS) is 12.8. The number of para-hydroxylation sites is 1. The largest absolute Gasteiger partial charge is 0.456 e. The van der Waals surface area contributed by atoms with Gasteiger partial charge in [-0.15, -0.1) is 0 Å². The minimum Gasteiger partial charge on any atom is -0.456 e. The van der Waals surface area contributed by atoms with E-state index in [4.69, 9.17) is 4.42 Å². The summed E-state index contributed by atoms with van der Waals surface area (Å²) in [5.41, 5.74) is 6.74. The number of carbonyl (C=O) groups is 1. The number of hydrogen-bond acceptors (Lipinski definition) is 2. The van der Waals surface area contributed by atoms with Gasteiger partial charge in [0.05, 0.1) is 5.92 Å². The molecule has 29 heavy (non-hydrogen) atoms. The fourth-order valence-corrected chi connectivity index (χ4v) is 4.46. The monoisotopic (exact) mass is 375 g/mol. The molecule has 1 N–H and O–H groups in total. The second-order valence-corrected chi connectivity index (χ2v) is 7.41. The van der Waals surface area contributed by atoms with Crippen molar-refractivity contribution in [3.05, 3.63) is 102 Å². The molecule has 1 aliphatic carbocycles. The molecule has 0 bridgehead atoms. The van der Waals surface area contributed by atoms with Crippen molar-refractivity contribution in [3.8, 4) is 11.1 Å². The minimum atomic E-state index is -0.311.